The van der Waals surface area contributed by atoms with E-state index in [-0.39, 0.29) is 18.9 Å². The second kappa shape index (κ2) is 54.2. The van der Waals surface area contributed by atoms with Crippen LogP contribution in [0.25, 0.3) is 0 Å². The Balaban J connectivity index is 3.50. The summed E-state index contributed by atoms with van der Waals surface area (Å²) in [6.07, 6.45) is 70.6. The molecule has 0 bridgehead atoms. The first kappa shape index (κ1) is 62.6. The smallest absolute Gasteiger partial charge is 0.222 e. The van der Waals surface area contributed by atoms with Gasteiger partial charge in [0.1, 0.15) is 0 Å². The SMILES string of the molecule is CCCCCCCCCCCCCC/C=C/C(O)C(CO)NC(=O)CC(O)CCCCCCCCCCCCCCCCC/C=C\C/C=C\CCCCCCCCCCCCCCC. The highest BCUT2D eigenvalue weighted by Crippen LogP contribution is 2.17. The molecule has 64 heavy (non-hydrogen) atoms. The third-order valence-corrected chi connectivity index (χ3v) is 13.4. The van der Waals surface area contributed by atoms with E-state index in [1.54, 1.807) is 6.08 Å². The zero-order valence-corrected chi connectivity index (χ0v) is 43.2. The van der Waals surface area contributed by atoms with Gasteiger partial charge in [-0.1, -0.05) is 288 Å². The molecule has 4 N–H and O–H groups in total. The zero-order chi connectivity index (χ0) is 46.5. The molecule has 0 aliphatic rings. The quantitative estimate of drug-likeness (QED) is 0.0362. The molecule has 0 aliphatic carbocycles. The van der Waals surface area contributed by atoms with Gasteiger partial charge in [-0.05, 0) is 51.4 Å². The van der Waals surface area contributed by atoms with E-state index < -0.39 is 18.2 Å². The van der Waals surface area contributed by atoms with E-state index in [1.165, 1.54) is 250 Å². The monoisotopic (exact) mass is 900 g/mol. The molecule has 0 aliphatic heterocycles. The van der Waals surface area contributed by atoms with Crippen LogP contribution in [-0.2, 0) is 4.79 Å². The normalized spacial score (nSPS) is 13.5. The number of aliphatic hydroxyl groups excluding tert-OH is 3. The lowest BCUT2D eigenvalue weighted by molar-refractivity contribution is -0.124. The number of allylic oxidation sites excluding steroid dienone is 5. The zero-order valence-electron chi connectivity index (χ0n) is 43.2. The summed E-state index contributed by atoms with van der Waals surface area (Å²) in [4.78, 5) is 12.5. The van der Waals surface area contributed by atoms with Crippen LogP contribution in [0.1, 0.15) is 309 Å². The van der Waals surface area contributed by atoms with Crippen LogP contribution < -0.4 is 5.32 Å². The van der Waals surface area contributed by atoms with Crippen LogP contribution in [0.2, 0.25) is 0 Å². The number of nitrogens with one attached hydrogen (secondary N) is 1. The van der Waals surface area contributed by atoms with Crippen LogP contribution >= 0.6 is 0 Å². The van der Waals surface area contributed by atoms with Gasteiger partial charge in [-0.15, -0.1) is 0 Å². The number of hydrogen-bond donors (Lipinski definition) is 4. The van der Waals surface area contributed by atoms with Crippen molar-refractivity contribution in [2.75, 3.05) is 6.61 Å². The largest absolute Gasteiger partial charge is 0.394 e. The standard InChI is InChI=1S/C59H113NO4/c1-3-5-7-9-11-13-15-17-19-20-21-22-23-24-25-26-27-28-29-30-31-32-33-34-35-36-37-38-39-40-42-44-46-48-50-52-56(62)54-59(64)60-57(55-61)58(63)53-51-49-47-45-43-41-18-16-14-12-10-8-6-4-2/h25-26,28-29,51,53,56-58,61-63H,3-24,27,30-50,52,54-55H2,1-2H3,(H,60,64)/b26-25-,29-28-,53-51+. The maximum absolute atomic E-state index is 12.5. The van der Waals surface area contributed by atoms with Crippen LogP contribution in [0.4, 0.5) is 0 Å². The highest BCUT2D eigenvalue weighted by Gasteiger charge is 2.20. The summed E-state index contributed by atoms with van der Waals surface area (Å²) in [7, 11) is 0. The summed E-state index contributed by atoms with van der Waals surface area (Å²) >= 11 is 0. The fourth-order valence-corrected chi connectivity index (χ4v) is 9.02. The molecule has 0 saturated carbocycles. The van der Waals surface area contributed by atoms with E-state index >= 15 is 0 Å². The van der Waals surface area contributed by atoms with Crippen molar-refractivity contribution in [1.29, 1.82) is 0 Å². The summed E-state index contributed by atoms with van der Waals surface area (Å²) in [6.45, 7) is 4.23. The Morgan fingerprint density at radius 1 is 0.406 bits per heavy atom. The lowest BCUT2D eigenvalue weighted by Gasteiger charge is -2.21. The molecule has 0 aromatic rings. The number of amides is 1. The molecule has 0 aromatic carbocycles. The van der Waals surface area contributed by atoms with Gasteiger partial charge in [-0.3, -0.25) is 4.79 Å². The van der Waals surface area contributed by atoms with Gasteiger partial charge in [0.2, 0.25) is 5.91 Å². The predicted molar refractivity (Wildman–Crippen MR) is 282 cm³/mol. The third-order valence-electron chi connectivity index (χ3n) is 13.4. The topological polar surface area (TPSA) is 89.8 Å². The minimum atomic E-state index is -0.928. The second-order valence-corrected chi connectivity index (χ2v) is 19.9. The van der Waals surface area contributed by atoms with Crippen molar-refractivity contribution in [3.63, 3.8) is 0 Å². The van der Waals surface area contributed by atoms with Gasteiger partial charge in [0, 0.05) is 0 Å². The molecular weight excluding hydrogens is 787 g/mol. The van der Waals surface area contributed by atoms with Crippen molar-refractivity contribution < 1.29 is 20.1 Å². The molecule has 0 fully saturated rings. The molecule has 3 unspecified atom stereocenters. The predicted octanol–water partition coefficient (Wildman–Crippen LogP) is 17.8. The Labute approximate surface area is 400 Å². The van der Waals surface area contributed by atoms with Crippen LogP contribution in [0, 0.1) is 0 Å². The molecular formula is C59H113NO4. The lowest BCUT2D eigenvalue weighted by atomic mass is 10.0. The third kappa shape index (κ3) is 50.0. The van der Waals surface area contributed by atoms with Crippen molar-refractivity contribution in [3.05, 3.63) is 36.5 Å². The Kier molecular flexibility index (Phi) is 53.0. The molecule has 5 nitrogen and oxygen atoms in total. The van der Waals surface area contributed by atoms with Gasteiger partial charge in [-0.25, -0.2) is 0 Å². The van der Waals surface area contributed by atoms with Gasteiger partial charge in [0.15, 0.2) is 0 Å². The van der Waals surface area contributed by atoms with Gasteiger partial charge < -0.3 is 20.6 Å². The number of carbonyl (C=O) groups excluding carboxylic acids is 1. The molecule has 0 spiro atoms. The van der Waals surface area contributed by atoms with E-state index in [4.69, 9.17) is 0 Å². The number of hydrogen-bond acceptors (Lipinski definition) is 4. The summed E-state index contributed by atoms with van der Waals surface area (Å²) in [5, 5.41) is 33.4. The summed E-state index contributed by atoms with van der Waals surface area (Å²) in [5.74, 6) is -0.313. The van der Waals surface area contributed by atoms with E-state index in [1.807, 2.05) is 6.08 Å². The molecule has 0 radical (unpaired) electrons. The van der Waals surface area contributed by atoms with E-state index in [0.29, 0.717) is 6.42 Å². The minimum absolute atomic E-state index is 0.0151. The Hall–Kier alpha value is -1.43. The van der Waals surface area contributed by atoms with Gasteiger partial charge in [0.25, 0.3) is 0 Å². The molecule has 378 valence electrons. The first-order valence-electron chi connectivity index (χ1n) is 28.8. The molecule has 3 atom stereocenters. The summed E-state index contributed by atoms with van der Waals surface area (Å²) < 4.78 is 0. The molecule has 1 amide bonds. The molecule has 0 rings (SSSR count). The number of aliphatic hydroxyl groups is 3. The highest BCUT2D eigenvalue weighted by molar-refractivity contribution is 5.76. The van der Waals surface area contributed by atoms with Crippen LogP contribution in [0.5, 0.6) is 0 Å². The van der Waals surface area contributed by atoms with Crippen LogP contribution in [0.3, 0.4) is 0 Å². The fraction of sp³-hybridized carbons (Fsp3) is 0.881. The van der Waals surface area contributed by atoms with Crippen LogP contribution in [-0.4, -0.2) is 46.1 Å². The van der Waals surface area contributed by atoms with Gasteiger partial charge in [-0.2, -0.15) is 0 Å². The number of rotatable bonds is 53. The second-order valence-electron chi connectivity index (χ2n) is 19.9. The Morgan fingerprint density at radius 3 is 1.03 bits per heavy atom. The van der Waals surface area contributed by atoms with Crippen molar-refractivity contribution in [1.82, 2.24) is 5.32 Å². The van der Waals surface area contributed by atoms with Crippen LogP contribution in [0.15, 0.2) is 36.5 Å². The van der Waals surface area contributed by atoms with Gasteiger partial charge in [0.05, 0.1) is 31.3 Å². The molecule has 0 heterocycles. The Bertz CT molecular complexity index is 993. The minimum Gasteiger partial charge on any atom is -0.394 e. The molecule has 0 saturated heterocycles. The average molecular weight is 901 g/mol. The van der Waals surface area contributed by atoms with Crippen molar-refractivity contribution in [2.45, 2.75) is 327 Å². The number of unbranched alkanes of at least 4 members (excludes halogenated alkanes) is 40. The summed E-state index contributed by atoms with van der Waals surface area (Å²) in [6, 6.07) is -0.743. The highest BCUT2D eigenvalue weighted by atomic mass is 16.3. The lowest BCUT2D eigenvalue weighted by Crippen LogP contribution is -2.45. The fourth-order valence-electron chi connectivity index (χ4n) is 9.02. The maximum atomic E-state index is 12.5. The molecule has 5 heteroatoms. The van der Waals surface area contributed by atoms with E-state index in [0.717, 1.165) is 32.1 Å². The average Bonchev–Trinajstić information content (AvgIpc) is 3.29. The Morgan fingerprint density at radius 2 is 0.703 bits per heavy atom. The molecule has 0 aromatic heterocycles. The number of carbonyl (C=O) groups is 1. The first-order valence-corrected chi connectivity index (χ1v) is 28.8. The van der Waals surface area contributed by atoms with Crippen molar-refractivity contribution >= 4 is 5.91 Å². The van der Waals surface area contributed by atoms with Crippen molar-refractivity contribution in [2.24, 2.45) is 0 Å². The van der Waals surface area contributed by atoms with Gasteiger partial charge >= 0.3 is 0 Å². The van der Waals surface area contributed by atoms with E-state index in [2.05, 4.69) is 43.5 Å². The summed E-state index contributed by atoms with van der Waals surface area (Å²) in [5.41, 5.74) is 0. The van der Waals surface area contributed by atoms with E-state index in [9.17, 15) is 20.1 Å². The maximum Gasteiger partial charge on any atom is 0.222 e. The van der Waals surface area contributed by atoms with Crippen molar-refractivity contribution in [3.8, 4) is 0 Å². The first-order chi connectivity index (χ1) is 31.5.